The van der Waals surface area contributed by atoms with Gasteiger partial charge in [-0.25, -0.2) is 4.98 Å². The van der Waals surface area contributed by atoms with Crippen LogP contribution in [0.15, 0.2) is 6.33 Å². The van der Waals surface area contributed by atoms with Crippen molar-refractivity contribution in [1.29, 1.82) is 0 Å². The number of nitrogens with one attached hydrogen (secondary N) is 2. The van der Waals surface area contributed by atoms with Crippen LogP contribution in [0.4, 0.5) is 0 Å². The Hall–Kier alpha value is -1.03. The molecule has 0 radical (unpaired) electrons. The predicted molar refractivity (Wildman–Crippen MR) is 33.2 cm³/mol. The molecule has 0 aliphatic carbocycles. The first kappa shape index (κ1) is 4.81. The van der Waals surface area contributed by atoms with Crippen LogP contribution < -0.4 is 0 Å². The van der Waals surface area contributed by atoms with E-state index >= 15 is 0 Å². The van der Waals surface area contributed by atoms with Gasteiger partial charge in [-0.2, -0.15) is 5.10 Å². The lowest BCUT2D eigenvalue weighted by atomic mass is 10.6. The van der Waals surface area contributed by atoms with Gasteiger partial charge in [-0.1, -0.05) is 11.6 Å². The van der Waals surface area contributed by atoms with Gasteiger partial charge in [0.1, 0.15) is 5.52 Å². The van der Waals surface area contributed by atoms with Crippen LogP contribution in [0.3, 0.4) is 0 Å². The number of aromatic nitrogens is 4. The Balaban J connectivity index is 2.99. The molecule has 0 saturated carbocycles. The second kappa shape index (κ2) is 1.48. The van der Waals surface area contributed by atoms with Crippen LogP contribution in [-0.2, 0) is 0 Å². The number of fused-ring (bicyclic) bond motifs is 1. The molecule has 0 aliphatic heterocycles. The average Bonchev–Trinajstić information content (AvgIpc) is 2.35. The van der Waals surface area contributed by atoms with Crippen LogP contribution in [0.2, 0.25) is 5.15 Å². The van der Waals surface area contributed by atoms with E-state index in [-0.39, 0.29) is 0 Å². The van der Waals surface area contributed by atoms with Crippen molar-refractivity contribution in [1.82, 2.24) is 20.2 Å². The van der Waals surface area contributed by atoms with Gasteiger partial charge in [-0.15, -0.1) is 0 Å². The van der Waals surface area contributed by atoms with Crippen molar-refractivity contribution in [2.24, 2.45) is 0 Å². The summed E-state index contributed by atoms with van der Waals surface area (Å²) in [5.74, 6) is 0. The summed E-state index contributed by atoms with van der Waals surface area (Å²) in [6, 6.07) is 0. The van der Waals surface area contributed by atoms with Gasteiger partial charge < -0.3 is 4.98 Å². The highest BCUT2D eigenvalue weighted by molar-refractivity contribution is 6.33. The molecule has 0 bridgehead atoms. The van der Waals surface area contributed by atoms with Crippen LogP contribution in [-0.4, -0.2) is 20.2 Å². The lowest BCUT2D eigenvalue weighted by Gasteiger charge is -1.68. The molecule has 0 saturated heterocycles. The minimum Gasteiger partial charge on any atom is -0.330 e. The summed E-state index contributed by atoms with van der Waals surface area (Å²) in [5, 5.41) is 6.78. The minimum atomic E-state index is 0.409. The normalized spacial score (nSPS) is 10.8. The van der Waals surface area contributed by atoms with Gasteiger partial charge in [0.05, 0.1) is 6.33 Å². The van der Waals surface area contributed by atoms with Crippen molar-refractivity contribution >= 4 is 22.8 Å². The summed E-state index contributed by atoms with van der Waals surface area (Å²) in [6.45, 7) is 0. The Bertz CT molecular complexity index is 322. The highest BCUT2D eigenvalue weighted by Gasteiger charge is 2.02. The van der Waals surface area contributed by atoms with Crippen LogP contribution in [0, 0.1) is 0 Å². The Morgan fingerprint density at radius 2 is 2.44 bits per heavy atom. The van der Waals surface area contributed by atoms with E-state index < -0.39 is 0 Å². The standard InChI is InChI=1S/C4H3ClN4/c5-3-2-4(9-8-3)7-1-6-2/h1H,(H2,6,7,8,9). The zero-order valence-corrected chi connectivity index (χ0v) is 5.11. The summed E-state index contributed by atoms with van der Waals surface area (Å²) in [5.41, 5.74) is 1.46. The summed E-state index contributed by atoms with van der Waals surface area (Å²) in [7, 11) is 0. The minimum absolute atomic E-state index is 0.409. The first-order valence-electron chi connectivity index (χ1n) is 2.41. The van der Waals surface area contributed by atoms with Crippen LogP contribution >= 0.6 is 11.6 Å². The molecule has 0 fully saturated rings. The maximum absolute atomic E-state index is 5.59. The van der Waals surface area contributed by atoms with Crippen molar-refractivity contribution in [3.8, 4) is 0 Å². The number of H-pyrrole nitrogens is 2. The van der Waals surface area contributed by atoms with E-state index in [1.165, 1.54) is 0 Å². The second-order valence-corrected chi connectivity index (χ2v) is 2.00. The molecular weight excluding hydrogens is 140 g/mol. The van der Waals surface area contributed by atoms with Gasteiger partial charge >= 0.3 is 0 Å². The number of hydrogen-bond donors (Lipinski definition) is 2. The van der Waals surface area contributed by atoms with E-state index in [1.807, 2.05) is 0 Å². The van der Waals surface area contributed by atoms with Crippen molar-refractivity contribution in [2.75, 3.05) is 0 Å². The fraction of sp³-hybridized carbons (Fsp3) is 0. The monoisotopic (exact) mass is 142 g/mol. The van der Waals surface area contributed by atoms with E-state index in [0.29, 0.717) is 10.7 Å². The molecule has 0 atom stereocenters. The second-order valence-electron chi connectivity index (χ2n) is 1.64. The number of hydrogen-bond acceptors (Lipinski definition) is 2. The molecule has 5 heteroatoms. The molecule has 0 aliphatic rings. The predicted octanol–water partition coefficient (Wildman–Crippen LogP) is 0.939. The van der Waals surface area contributed by atoms with Crippen molar-refractivity contribution in [2.45, 2.75) is 0 Å². The molecule has 9 heavy (non-hydrogen) atoms. The Morgan fingerprint density at radius 3 is 3.22 bits per heavy atom. The maximum Gasteiger partial charge on any atom is 0.178 e. The quantitative estimate of drug-likeness (QED) is 0.575. The highest BCUT2D eigenvalue weighted by Crippen LogP contribution is 2.14. The first-order chi connectivity index (χ1) is 4.38. The van der Waals surface area contributed by atoms with Crippen LogP contribution in [0.25, 0.3) is 11.2 Å². The zero-order chi connectivity index (χ0) is 6.27. The molecule has 0 unspecified atom stereocenters. The molecule has 2 N–H and O–H groups in total. The molecule has 0 spiro atoms. The number of halogens is 1. The summed E-state index contributed by atoms with van der Waals surface area (Å²) >= 11 is 5.59. The van der Waals surface area contributed by atoms with E-state index in [4.69, 9.17) is 11.6 Å². The Morgan fingerprint density at radius 1 is 1.56 bits per heavy atom. The number of imidazole rings is 1. The fourth-order valence-corrected chi connectivity index (χ4v) is 0.879. The third kappa shape index (κ3) is 0.533. The number of aromatic amines is 2. The lowest BCUT2D eigenvalue weighted by molar-refractivity contribution is 1.09. The van der Waals surface area contributed by atoms with Crippen molar-refractivity contribution in [3.05, 3.63) is 11.5 Å². The molecule has 2 aromatic heterocycles. The van der Waals surface area contributed by atoms with E-state index in [9.17, 15) is 0 Å². The zero-order valence-electron chi connectivity index (χ0n) is 4.35. The molecule has 0 aromatic carbocycles. The number of nitrogens with zero attached hydrogens (tertiary/aromatic N) is 2. The fourth-order valence-electron chi connectivity index (χ4n) is 0.694. The van der Waals surface area contributed by atoms with Gasteiger partial charge in [0.25, 0.3) is 0 Å². The summed E-state index contributed by atoms with van der Waals surface area (Å²) in [4.78, 5) is 6.72. The van der Waals surface area contributed by atoms with E-state index in [2.05, 4.69) is 20.2 Å². The molecular formula is C4H3ClN4. The van der Waals surface area contributed by atoms with Gasteiger partial charge in [-0.3, -0.25) is 5.10 Å². The molecule has 2 heterocycles. The van der Waals surface area contributed by atoms with Crippen LogP contribution in [0.5, 0.6) is 0 Å². The van der Waals surface area contributed by atoms with E-state index in [0.717, 1.165) is 5.65 Å². The SMILES string of the molecule is Clc1n[nH]c2[nH]cnc12. The molecule has 0 amide bonds. The summed E-state index contributed by atoms with van der Waals surface area (Å²) < 4.78 is 0. The molecule has 2 aromatic rings. The van der Waals surface area contributed by atoms with E-state index in [1.54, 1.807) is 6.33 Å². The lowest BCUT2D eigenvalue weighted by Crippen LogP contribution is -1.66. The third-order valence-corrected chi connectivity index (χ3v) is 1.36. The smallest absolute Gasteiger partial charge is 0.178 e. The topological polar surface area (TPSA) is 57.4 Å². The van der Waals surface area contributed by atoms with Crippen LogP contribution in [0.1, 0.15) is 0 Å². The maximum atomic E-state index is 5.59. The van der Waals surface area contributed by atoms with Gasteiger partial charge in [-0.05, 0) is 0 Å². The largest absolute Gasteiger partial charge is 0.330 e. The highest BCUT2D eigenvalue weighted by atomic mass is 35.5. The Labute approximate surface area is 55.2 Å². The molecule has 46 valence electrons. The van der Waals surface area contributed by atoms with Crippen molar-refractivity contribution < 1.29 is 0 Å². The summed E-state index contributed by atoms with van der Waals surface area (Å²) in [6.07, 6.45) is 1.56. The Kier molecular flexibility index (Phi) is 0.790. The molecule has 2 rings (SSSR count). The molecule has 4 nitrogen and oxygen atoms in total. The first-order valence-corrected chi connectivity index (χ1v) is 2.78. The number of rotatable bonds is 0. The average molecular weight is 143 g/mol. The third-order valence-electron chi connectivity index (χ3n) is 1.10. The van der Waals surface area contributed by atoms with Gasteiger partial charge in [0.15, 0.2) is 10.8 Å². The van der Waals surface area contributed by atoms with Gasteiger partial charge in [0.2, 0.25) is 0 Å². The van der Waals surface area contributed by atoms with Crippen molar-refractivity contribution in [3.63, 3.8) is 0 Å². The van der Waals surface area contributed by atoms with Gasteiger partial charge in [0, 0.05) is 0 Å².